The zero-order valence-corrected chi connectivity index (χ0v) is 9.59. The van der Waals surface area contributed by atoms with E-state index in [-0.39, 0.29) is 11.9 Å². The van der Waals surface area contributed by atoms with E-state index in [1.807, 2.05) is 0 Å². The van der Waals surface area contributed by atoms with Crippen LogP contribution in [0.5, 0.6) is 0 Å². The molecule has 0 bridgehead atoms. The van der Waals surface area contributed by atoms with Crippen molar-refractivity contribution in [1.82, 2.24) is 14.9 Å². The fourth-order valence-corrected chi connectivity index (χ4v) is 1.64. The number of nitrogens with zero attached hydrogens (tertiary/aromatic N) is 2. The smallest absolute Gasteiger partial charge is 0.264 e. The van der Waals surface area contributed by atoms with Crippen molar-refractivity contribution < 1.29 is 4.79 Å². The number of carbonyl (C=O) groups excluding carboxylic acids is 1. The van der Waals surface area contributed by atoms with Crippen molar-refractivity contribution in [1.29, 1.82) is 0 Å². The molecule has 0 spiro atoms. The van der Waals surface area contributed by atoms with E-state index in [0.717, 1.165) is 30.8 Å². The lowest BCUT2D eigenvalue weighted by atomic mass is 10.1. The SMILES string of the molecule is CCCCC(CN)NC(=O)c1cnns1. The maximum atomic E-state index is 11.6. The van der Waals surface area contributed by atoms with E-state index in [0.29, 0.717) is 11.4 Å². The zero-order chi connectivity index (χ0) is 11.1. The van der Waals surface area contributed by atoms with Crippen LogP contribution in [-0.4, -0.2) is 28.1 Å². The highest BCUT2D eigenvalue weighted by atomic mass is 32.1. The summed E-state index contributed by atoms with van der Waals surface area (Å²) >= 11 is 1.09. The first-order valence-electron chi connectivity index (χ1n) is 5.06. The van der Waals surface area contributed by atoms with Gasteiger partial charge in [0, 0.05) is 12.6 Å². The quantitative estimate of drug-likeness (QED) is 0.754. The molecule has 15 heavy (non-hydrogen) atoms. The van der Waals surface area contributed by atoms with Crippen LogP contribution in [0.15, 0.2) is 6.20 Å². The van der Waals surface area contributed by atoms with E-state index in [4.69, 9.17) is 5.73 Å². The number of aromatic nitrogens is 2. The highest BCUT2D eigenvalue weighted by Crippen LogP contribution is 2.04. The van der Waals surface area contributed by atoms with Gasteiger partial charge in [0.15, 0.2) is 0 Å². The molecule has 1 rings (SSSR count). The molecule has 0 aliphatic heterocycles. The monoisotopic (exact) mass is 228 g/mol. The van der Waals surface area contributed by atoms with Crippen LogP contribution in [0.25, 0.3) is 0 Å². The van der Waals surface area contributed by atoms with Crippen molar-refractivity contribution in [3.05, 3.63) is 11.1 Å². The Bertz CT molecular complexity index is 288. The summed E-state index contributed by atoms with van der Waals surface area (Å²) in [5.41, 5.74) is 5.57. The second-order valence-electron chi connectivity index (χ2n) is 3.33. The number of nitrogens with two attached hydrogens (primary N) is 1. The second kappa shape index (κ2) is 6.47. The minimum atomic E-state index is -0.128. The maximum absolute atomic E-state index is 11.6. The highest BCUT2D eigenvalue weighted by Gasteiger charge is 2.13. The van der Waals surface area contributed by atoms with E-state index in [9.17, 15) is 4.79 Å². The lowest BCUT2D eigenvalue weighted by molar-refractivity contribution is 0.0939. The summed E-state index contributed by atoms with van der Waals surface area (Å²) in [6.45, 7) is 2.58. The van der Waals surface area contributed by atoms with Crippen LogP contribution in [0.4, 0.5) is 0 Å². The van der Waals surface area contributed by atoms with Gasteiger partial charge in [-0.05, 0) is 18.0 Å². The minimum absolute atomic E-state index is 0.0551. The van der Waals surface area contributed by atoms with Crippen molar-refractivity contribution in [2.45, 2.75) is 32.2 Å². The molecule has 0 saturated carbocycles. The van der Waals surface area contributed by atoms with Gasteiger partial charge in [-0.2, -0.15) is 0 Å². The second-order valence-corrected chi connectivity index (χ2v) is 4.12. The molecular weight excluding hydrogens is 212 g/mol. The Balaban J connectivity index is 2.41. The van der Waals surface area contributed by atoms with Gasteiger partial charge in [0.25, 0.3) is 5.91 Å². The molecule has 84 valence electrons. The van der Waals surface area contributed by atoms with Crippen LogP contribution in [0, 0.1) is 0 Å². The fourth-order valence-electron chi connectivity index (χ4n) is 1.22. The summed E-state index contributed by atoms with van der Waals surface area (Å²) in [5, 5.41) is 6.49. The Kier molecular flexibility index (Phi) is 5.20. The van der Waals surface area contributed by atoms with Gasteiger partial charge in [-0.25, -0.2) is 0 Å². The van der Waals surface area contributed by atoms with E-state index < -0.39 is 0 Å². The summed E-state index contributed by atoms with van der Waals surface area (Å²) in [7, 11) is 0. The first-order chi connectivity index (χ1) is 7.27. The molecule has 1 amide bonds. The summed E-state index contributed by atoms with van der Waals surface area (Å²) < 4.78 is 3.64. The number of nitrogens with one attached hydrogen (secondary N) is 1. The molecule has 5 nitrogen and oxygen atoms in total. The van der Waals surface area contributed by atoms with Gasteiger partial charge in [-0.3, -0.25) is 4.79 Å². The molecule has 1 heterocycles. The molecule has 0 saturated heterocycles. The van der Waals surface area contributed by atoms with Gasteiger partial charge in [0.2, 0.25) is 0 Å². The molecule has 6 heteroatoms. The predicted molar refractivity (Wildman–Crippen MR) is 59.7 cm³/mol. The summed E-state index contributed by atoms with van der Waals surface area (Å²) in [4.78, 5) is 12.1. The van der Waals surface area contributed by atoms with Gasteiger partial charge >= 0.3 is 0 Å². The van der Waals surface area contributed by atoms with Gasteiger partial charge in [0.05, 0.1) is 6.20 Å². The molecule has 1 atom stereocenters. The predicted octanol–water partition coefficient (Wildman–Crippen LogP) is 0.785. The van der Waals surface area contributed by atoms with Crippen LogP contribution in [0.3, 0.4) is 0 Å². The van der Waals surface area contributed by atoms with Crippen molar-refractivity contribution >= 4 is 17.4 Å². The van der Waals surface area contributed by atoms with Gasteiger partial charge in [-0.15, -0.1) is 5.10 Å². The van der Waals surface area contributed by atoms with E-state index in [1.165, 1.54) is 6.20 Å². The van der Waals surface area contributed by atoms with Crippen LogP contribution >= 0.6 is 11.5 Å². The lowest BCUT2D eigenvalue weighted by Gasteiger charge is -2.15. The van der Waals surface area contributed by atoms with Crippen LogP contribution in [0.2, 0.25) is 0 Å². The highest BCUT2D eigenvalue weighted by molar-refractivity contribution is 7.07. The van der Waals surface area contributed by atoms with Crippen LogP contribution < -0.4 is 11.1 Å². The Morgan fingerprint density at radius 3 is 3.07 bits per heavy atom. The number of hydrogen-bond donors (Lipinski definition) is 2. The molecule has 0 aliphatic carbocycles. The number of hydrogen-bond acceptors (Lipinski definition) is 5. The average molecular weight is 228 g/mol. The third-order valence-electron chi connectivity index (χ3n) is 2.11. The van der Waals surface area contributed by atoms with Crippen LogP contribution in [-0.2, 0) is 0 Å². The Morgan fingerprint density at radius 1 is 1.73 bits per heavy atom. The molecule has 1 aromatic rings. The van der Waals surface area contributed by atoms with Gasteiger partial charge in [-0.1, -0.05) is 24.3 Å². The first kappa shape index (κ1) is 12.1. The maximum Gasteiger partial charge on any atom is 0.264 e. The molecular formula is C9H16N4OS. The van der Waals surface area contributed by atoms with Gasteiger partial charge < -0.3 is 11.1 Å². The largest absolute Gasteiger partial charge is 0.347 e. The topological polar surface area (TPSA) is 80.9 Å². The molecule has 0 radical (unpaired) electrons. The normalized spacial score (nSPS) is 12.4. The van der Waals surface area contributed by atoms with E-state index in [1.54, 1.807) is 0 Å². The van der Waals surface area contributed by atoms with E-state index in [2.05, 4.69) is 21.8 Å². The molecule has 0 fully saturated rings. The third-order valence-corrected chi connectivity index (χ3v) is 2.77. The zero-order valence-electron chi connectivity index (χ0n) is 8.77. The standard InChI is InChI=1S/C9H16N4OS/c1-2-3-4-7(5-10)12-9(14)8-6-11-13-15-8/h6-7H,2-5,10H2,1H3,(H,12,14). The fraction of sp³-hybridized carbons (Fsp3) is 0.667. The number of unbranched alkanes of at least 4 members (excludes halogenated alkanes) is 1. The molecule has 1 unspecified atom stereocenters. The Hall–Kier alpha value is -1.01. The number of amides is 1. The van der Waals surface area contributed by atoms with Gasteiger partial charge in [0.1, 0.15) is 4.88 Å². The molecule has 3 N–H and O–H groups in total. The van der Waals surface area contributed by atoms with Crippen molar-refractivity contribution in [3.8, 4) is 0 Å². The third kappa shape index (κ3) is 3.93. The minimum Gasteiger partial charge on any atom is -0.347 e. The number of rotatable bonds is 6. The van der Waals surface area contributed by atoms with Crippen molar-refractivity contribution in [2.75, 3.05) is 6.54 Å². The molecule has 0 aromatic carbocycles. The summed E-state index contributed by atoms with van der Waals surface area (Å²) in [6, 6.07) is 0.0551. The van der Waals surface area contributed by atoms with E-state index >= 15 is 0 Å². The lowest BCUT2D eigenvalue weighted by Crippen LogP contribution is -2.39. The average Bonchev–Trinajstić information content (AvgIpc) is 2.77. The Morgan fingerprint density at radius 2 is 2.53 bits per heavy atom. The number of carbonyl (C=O) groups is 1. The van der Waals surface area contributed by atoms with Crippen molar-refractivity contribution in [3.63, 3.8) is 0 Å². The Labute approximate surface area is 93.2 Å². The summed E-state index contributed by atoms with van der Waals surface area (Å²) in [6.07, 6.45) is 4.57. The molecule has 1 aromatic heterocycles. The molecule has 0 aliphatic rings. The van der Waals surface area contributed by atoms with Crippen LogP contribution in [0.1, 0.15) is 35.9 Å². The van der Waals surface area contributed by atoms with Crippen molar-refractivity contribution in [2.24, 2.45) is 5.73 Å². The summed E-state index contributed by atoms with van der Waals surface area (Å²) in [5.74, 6) is -0.128. The first-order valence-corrected chi connectivity index (χ1v) is 5.83.